The van der Waals surface area contributed by atoms with Crippen molar-refractivity contribution < 1.29 is 23.8 Å². The van der Waals surface area contributed by atoms with E-state index in [0.29, 0.717) is 17.0 Å². The predicted octanol–water partition coefficient (Wildman–Crippen LogP) is 4.35. The molecule has 1 aliphatic heterocycles. The molecule has 1 amide bonds. The van der Waals surface area contributed by atoms with Crippen LogP contribution in [0.4, 0.5) is 10.1 Å². The third-order valence-electron chi connectivity index (χ3n) is 4.64. The van der Waals surface area contributed by atoms with Crippen molar-refractivity contribution in [1.29, 1.82) is 0 Å². The Bertz CT molecular complexity index is 917. The Morgan fingerprint density at radius 1 is 1.14 bits per heavy atom. The van der Waals surface area contributed by atoms with Crippen molar-refractivity contribution in [3.63, 3.8) is 0 Å². The minimum atomic E-state index is -0.826. The van der Waals surface area contributed by atoms with E-state index in [9.17, 15) is 19.1 Å². The molecule has 0 aliphatic carbocycles. The van der Waals surface area contributed by atoms with Crippen molar-refractivity contribution in [3.05, 3.63) is 71.2 Å². The number of aliphatic hydroxyl groups is 1. The van der Waals surface area contributed by atoms with Gasteiger partial charge in [-0.25, -0.2) is 4.39 Å². The molecule has 1 N–H and O–H groups in total. The number of hydrogen-bond donors (Lipinski definition) is 1. The molecule has 1 heterocycles. The van der Waals surface area contributed by atoms with E-state index in [4.69, 9.17) is 4.74 Å². The van der Waals surface area contributed by atoms with E-state index in [1.54, 1.807) is 24.3 Å². The van der Waals surface area contributed by atoms with Crippen LogP contribution in [0.15, 0.2) is 59.9 Å². The molecular formula is C22H22FNO4. The fourth-order valence-corrected chi connectivity index (χ4v) is 3.34. The molecule has 0 bridgehead atoms. The second-order valence-electron chi connectivity index (χ2n) is 7.11. The van der Waals surface area contributed by atoms with Crippen LogP contribution in [0.5, 0.6) is 5.75 Å². The molecule has 1 atom stereocenters. The number of ketones is 1. The molecule has 2 aromatic rings. The van der Waals surface area contributed by atoms with Gasteiger partial charge in [0.2, 0.25) is 0 Å². The molecule has 0 saturated heterocycles. The fraction of sp³-hybridized carbons (Fsp3) is 0.273. The zero-order valence-electron chi connectivity index (χ0n) is 16.0. The van der Waals surface area contributed by atoms with Crippen LogP contribution in [0.3, 0.4) is 0 Å². The minimum absolute atomic E-state index is 0.0427. The van der Waals surface area contributed by atoms with Crippen LogP contribution in [-0.4, -0.2) is 23.9 Å². The molecular weight excluding hydrogens is 361 g/mol. The van der Waals surface area contributed by atoms with Gasteiger partial charge in [0.25, 0.3) is 5.91 Å². The first kappa shape index (κ1) is 19.6. The van der Waals surface area contributed by atoms with E-state index in [2.05, 4.69) is 0 Å². The Morgan fingerprint density at radius 3 is 2.29 bits per heavy atom. The lowest BCUT2D eigenvalue weighted by atomic mass is 9.92. The number of carbonyl (C=O) groups is 2. The van der Waals surface area contributed by atoms with Gasteiger partial charge in [-0.2, -0.15) is 0 Å². The van der Waals surface area contributed by atoms with Crippen LogP contribution in [0.2, 0.25) is 0 Å². The Kier molecular flexibility index (Phi) is 5.49. The van der Waals surface area contributed by atoms with Crippen molar-refractivity contribution in [2.45, 2.75) is 26.3 Å². The van der Waals surface area contributed by atoms with Gasteiger partial charge in [-0.05, 0) is 47.9 Å². The number of benzene rings is 2. The molecule has 0 radical (unpaired) electrons. The van der Waals surface area contributed by atoms with Crippen molar-refractivity contribution in [3.8, 4) is 5.75 Å². The van der Waals surface area contributed by atoms with Crippen LogP contribution in [-0.2, 0) is 9.59 Å². The Balaban J connectivity index is 2.11. The highest BCUT2D eigenvalue weighted by Gasteiger charge is 2.44. The summed E-state index contributed by atoms with van der Waals surface area (Å²) in [6.07, 6.45) is 0.195. The highest BCUT2D eigenvalue weighted by atomic mass is 19.1. The predicted molar refractivity (Wildman–Crippen MR) is 104 cm³/mol. The second-order valence-corrected chi connectivity index (χ2v) is 7.11. The van der Waals surface area contributed by atoms with Gasteiger partial charge in [0.05, 0.1) is 18.7 Å². The van der Waals surface area contributed by atoms with Gasteiger partial charge >= 0.3 is 0 Å². The molecule has 0 fully saturated rings. The zero-order chi connectivity index (χ0) is 20.4. The summed E-state index contributed by atoms with van der Waals surface area (Å²) >= 11 is 0. The lowest BCUT2D eigenvalue weighted by molar-refractivity contribution is -0.118. The molecule has 0 aromatic heterocycles. The SMILES string of the molecule is COc1ccc(N2C(=O)C(O)=C(C(=O)CC(C)C)C2c2ccc(F)cc2)cc1. The van der Waals surface area contributed by atoms with E-state index in [0.717, 1.165) is 0 Å². The fourth-order valence-electron chi connectivity index (χ4n) is 3.34. The molecule has 6 heteroatoms. The first-order chi connectivity index (χ1) is 13.3. The Morgan fingerprint density at radius 2 is 1.75 bits per heavy atom. The van der Waals surface area contributed by atoms with Gasteiger partial charge in [-0.15, -0.1) is 0 Å². The zero-order valence-corrected chi connectivity index (χ0v) is 16.0. The number of amides is 1. The van der Waals surface area contributed by atoms with Crippen LogP contribution in [0.1, 0.15) is 31.9 Å². The molecule has 1 aliphatic rings. The molecule has 0 saturated carbocycles. The van der Waals surface area contributed by atoms with Gasteiger partial charge in [0.15, 0.2) is 11.5 Å². The van der Waals surface area contributed by atoms with Gasteiger partial charge < -0.3 is 9.84 Å². The van der Waals surface area contributed by atoms with E-state index in [1.165, 1.54) is 36.3 Å². The number of hydrogen-bond acceptors (Lipinski definition) is 4. The lowest BCUT2D eigenvalue weighted by Crippen LogP contribution is -2.31. The molecule has 1 unspecified atom stereocenters. The molecule has 28 heavy (non-hydrogen) atoms. The summed E-state index contributed by atoms with van der Waals surface area (Å²) in [5.41, 5.74) is 1.09. The number of methoxy groups -OCH3 is 1. The smallest absolute Gasteiger partial charge is 0.294 e. The highest BCUT2D eigenvalue weighted by Crippen LogP contribution is 2.42. The number of halogens is 1. The van der Waals surface area contributed by atoms with Crippen LogP contribution < -0.4 is 9.64 Å². The van der Waals surface area contributed by atoms with Crippen molar-refractivity contribution in [1.82, 2.24) is 0 Å². The average Bonchev–Trinajstić information content (AvgIpc) is 2.93. The number of aliphatic hydroxyl groups excluding tert-OH is 1. The monoisotopic (exact) mass is 383 g/mol. The van der Waals surface area contributed by atoms with Crippen molar-refractivity contribution in [2.24, 2.45) is 5.92 Å². The van der Waals surface area contributed by atoms with Crippen LogP contribution in [0.25, 0.3) is 0 Å². The van der Waals surface area contributed by atoms with E-state index in [1.807, 2.05) is 13.8 Å². The second kappa shape index (κ2) is 7.84. The molecule has 2 aromatic carbocycles. The van der Waals surface area contributed by atoms with Gasteiger partial charge in [0.1, 0.15) is 11.6 Å². The number of carbonyl (C=O) groups excluding carboxylic acids is 2. The van der Waals surface area contributed by atoms with Crippen molar-refractivity contribution in [2.75, 3.05) is 12.0 Å². The Hall–Kier alpha value is -3.15. The van der Waals surface area contributed by atoms with Crippen LogP contribution >= 0.6 is 0 Å². The van der Waals surface area contributed by atoms with Crippen molar-refractivity contribution >= 4 is 17.4 Å². The first-order valence-electron chi connectivity index (χ1n) is 9.03. The van der Waals surface area contributed by atoms with Gasteiger partial charge in [-0.3, -0.25) is 14.5 Å². The normalized spacial score (nSPS) is 16.8. The first-order valence-corrected chi connectivity index (χ1v) is 9.03. The summed E-state index contributed by atoms with van der Waals surface area (Å²) < 4.78 is 18.6. The summed E-state index contributed by atoms with van der Waals surface area (Å²) in [5.74, 6) is -1.27. The topological polar surface area (TPSA) is 66.8 Å². The average molecular weight is 383 g/mol. The quantitative estimate of drug-likeness (QED) is 0.805. The highest BCUT2D eigenvalue weighted by molar-refractivity contribution is 6.16. The van der Waals surface area contributed by atoms with E-state index < -0.39 is 23.5 Å². The summed E-state index contributed by atoms with van der Waals surface area (Å²) in [7, 11) is 1.54. The maximum absolute atomic E-state index is 13.4. The Labute approximate surface area is 163 Å². The standard InChI is InChI=1S/C22H22FNO4/c1-13(2)12-18(25)19-20(14-4-6-15(23)7-5-14)24(22(27)21(19)26)16-8-10-17(28-3)11-9-16/h4-11,13,20,26H,12H2,1-3H3. The molecule has 3 rings (SSSR count). The van der Waals surface area contributed by atoms with Crippen LogP contribution in [0, 0.1) is 11.7 Å². The van der Waals surface area contributed by atoms with Gasteiger partial charge in [0, 0.05) is 12.1 Å². The number of nitrogens with zero attached hydrogens (tertiary/aromatic N) is 1. The largest absolute Gasteiger partial charge is 0.503 e. The van der Waals surface area contributed by atoms with E-state index in [-0.39, 0.29) is 23.7 Å². The summed E-state index contributed by atoms with van der Waals surface area (Å²) in [6, 6.07) is 11.5. The van der Waals surface area contributed by atoms with E-state index >= 15 is 0 Å². The third-order valence-corrected chi connectivity index (χ3v) is 4.64. The lowest BCUT2D eigenvalue weighted by Gasteiger charge is -2.27. The maximum atomic E-state index is 13.4. The minimum Gasteiger partial charge on any atom is -0.503 e. The summed E-state index contributed by atoms with van der Waals surface area (Å²) in [5, 5.41) is 10.5. The number of anilines is 1. The summed E-state index contributed by atoms with van der Waals surface area (Å²) in [6.45, 7) is 3.78. The molecule has 0 spiro atoms. The number of Topliss-reactive ketones (excluding diaryl/α,β-unsaturated/α-hetero) is 1. The number of ether oxygens (including phenoxy) is 1. The third kappa shape index (κ3) is 3.63. The number of rotatable bonds is 6. The maximum Gasteiger partial charge on any atom is 0.294 e. The van der Waals surface area contributed by atoms with Gasteiger partial charge in [-0.1, -0.05) is 26.0 Å². The summed E-state index contributed by atoms with van der Waals surface area (Å²) in [4.78, 5) is 27.1. The molecule has 146 valence electrons. The molecule has 5 nitrogen and oxygen atoms in total.